The Labute approximate surface area is 81.0 Å². The summed E-state index contributed by atoms with van der Waals surface area (Å²) in [6.07, 6.45) is 1.85. The molecule has 0 amide bonds. The topological polar surface area (TPSA) is 30.7 Å². The average Bonchev–Trinajstić information content (AvgIpc) is 2.52. The molecule has 0 bridgehead atoms. The van der Waals surface area contributed by atoms with Gasteiger partial charge in [-0.2, -0.15) is 0 Å². The molecular formula is C9H8ClN3. The zero-order valence-electron chi connectivity index (χ0n) is 7.11. The Bertz CT molecular complexity index is 422. The number of hydrogen-bond donors (Lipinski definition) is 0. The van der Waals surface area contributed by atoms with Crippen molar-refractivity contribution in [1.29, 1.82) is 0 Å². The molecule has 0 saturated carbocycles. The quantitative estimate of drug-likeness (QED) is 0.696. The molecule has 2 rings (SSSR count). The van der Waals surface area contributed by atoms with E-state index in [2.05, 4.69) is 10.3 Å². The van der Waals surface area contributed by atoms with Gasteiger partial charge in [0.15, 0.2) is 0 Å². The van der Waals surface area contributed by atoms with E-state index in [1.54, 1.807) is 4.68 Å². The molecule has 1 aromatic carbocycles. The van der Waals surface area contributed by atoms with Gasteiger partial charge < -0.3 is 0 Å². The molecular weight excluding hydrogens is 186 g/mol. The second-order valence-electron chi connectivity index (χ2n) is 2.78. The van der Waals surface area contributed by atoms with E-state index in [0.717, 1.165) is 11.4 Å². The molecule has 1 heterocycles. The maximum atomic E-state index is 5.84. The lowest BCUT2D eigenvalue weighted by Gasteiger charge is -1.98. The minimum atomic E-state index is 0.700. The van der Waals surface area contributed by atoms with Crippen LogP contribution >= 0.6 is 11.6 Å². The third-order valence-electron chi connectivity index (χ3n) is 1.68. The van der Waals surface area contributed by atoms with E-state index in [4.69, 9.17) is 11.6 Å². The summed E-state index contributed by atoms with van der Waals surface area (Å²) in [4.78, 5) is 0. The summed E-state index contributed by atoms with van der Waals surface area (Å²) in [6, 6.07) is 7.49. The first kappa shape index (κ1) is 8.26. The SMILES string of the molecule is Cc1cn(-c2cccc(Cl)c2)nn1. The van der Waals surface area contributed by atoms with Gasteiger partial charge >= 0.3 is 0 Å². The monoisotopic (exact) mass is 193 g/mol. The van der Waals surface area contributed by atoms with Crippen molar-refractivity contribution in [2.24, 2.45) is 0 Å². The van der Waals surface area contributed by atoms with E-state index < -0.39 is 0 Å². The summed E-state index contributed by atoms with van der Waals surface area (Å²) in [7, 11) is 0. The fourth-order valence-electron chi connectivity index (χ4n) is 1.09. The van der Waals surface area contributed by atoms with Gasteiger partial charge in [0, 0.05) is 5.02 Å². The van der Waals surface area contributed by atoms with Crippen molar-refractivity contribution < 1.29 is 0 Å². The van der Waals surface area contributed by atoms with Gasteiger partial charge in [0.1, 0.15) is 0 Å². The zero-order chi connectivity index (χ0) is 9.26. The van der Waals surface area contributed by atoms with Crippen LogP contribution in [-0.2, 0) is 0 Å². The van der Waals surface area contributed by atoms with Gasteiger partial charge in [-0.25, -0.2) is 4.68 Å². The van der Waals surface area contributed by atoms with Gasteiger partial charge in [-0.15, -0.1) is 5.10 Å². The lowest BCUT2D eigenvalue weighted by atomic mass is 10.3. The summed E-state index contributed by atoms with van der Waals surface area (Å²) in [5, 5.41) is 8.53. The number of hydrogen-bond acceptors (Lipinski definition) is 2. The minimum absolute atomic E-state index is 0.700. The van der Waals surface area contributed by atoms with Gasteiger partial charge in [-0.05, 0) is 25.1 Å². The van der Waals surface area contributed by atoms with E-state index in [0.29, 0.717) is 5.02 Å². The molecule has 3 nitrogen and oxygen atoms in total. The van der Waals surface area contributed by atoms with Crippen LogP contribution in [0.1, 0.15) is 5.69 Å². The number of aromatic nitrogens is 3. The van der Waals surface area contributed by atoms with Gasteiger partial charge in [0.05, 0.1) is 17.6 Å². The van der Waals surface area contributed by atoms with Crippen LogP contribution in [0.25, 0.3) is 5.69 Å². The summed E-state index contributed by atoms with van der Waals surface area (Å²) in [5.74, 6) is 0. The smallest absolute Gasteiger partial charge is 0.0800 e. The first-order chi connectivity index (χ1) is 6.25. The van der Waals surface area contributed by atoms with Gasteiger partial charge in [-0.3, -0.25) is 0 Å². The lowest BCUT2D eigenvalue weighted by molar-refractivity contribution is 0.801. The van der Waals surface area contributed by atoms with E-state index in [-0.39, 0.29) is 0 Å². The van der Waals surface area contributed by atoms with Gasteiger partial charge in [0.25, 0.3) is 0 Å². The molecule has 0 aliphatic heterocycles. The molecule has 4 heteroatoms. The number of halogens is 1. The van der Waals surface area contributed by atoms with Crippen LogP contribution in [0.15, 0.2) is 30.5 Å². The zero-order valence-corrected chi connectivity index (χ0v) is 7.86. The number of aryl methyl sites for hydroxylation is 1. The van der Waals surface area contributed by atoms with Crippen molar-refractivity contribution in [2.75, 3.05) is 0 Å². The third kappa shape index (κ3) is 1.70. The molecule has 0 spiro atoms. The molecule has 0 fully saturated rings. The average molecular weight is 194 g/mol. The highest BCUT2D eigenvalue weighted by Gasteiger charge is 1.98. The van der Waals surface area contributed by atoms with Crippen molar-refractivity contribution in [3.8, 4) is 5.69 Å². The highest BCUT2D eigenvalue weighted by molar-refractivity contribution is 6.30. The van der Waals surface area contributed by atoms with Crippen molar-refractivity contribution in [2.45, 2.75) is 6.92 Å². The molecule has 0 radical (unpaired) electrons. The van der Waals surface area contributed by atoms with Crippen LogP contribution in [0.2, 0.25) is 5.02 Å². The van der Waals surface area contributed by atoms with Crippen LogP contribution in [0.3, 0.4) is 0 Å². The van der Waals surface area contributed by atoms with Crippen LogP contribution in [0.4, 0.5) is 0 Å². The second kappa shape index (κ2) is 3.18. The van der Waals surface area contributed by atoms with E-state index in [9.17, 15) is 0 Å². The summed E-state index contributed by atoms with van der Waals surface area (Å²) in [6.45, 7) is 1.90. The molecule has 0 atom stereocenters. The summed E-state index contributed by atoms with van der Waals surface area (Å²) >= 11 is 5.84. The largest absolute Gasteiger partial charge is 0.220 e. The Balaban J connectivity index is 2.46. The maximum absolute atomic E-state index is 5.84. The van der Waals surface area contributed by atoms with Crippen molar-refractivity contribution in [1.82, 2.24) is 15.0 Å². The second-order valence-corrected chi connectivity index (χ2v) is 3.22. The minimum Gasteiger partial charge on any atom is -0.220 e. The highest BCUT2D eigenvalue weighted by Crippen LogP contribution is 2.13. The predicted octanol–water partition coefficient (Wildman–Crippen LogP) is 2.23. The van der Waals surface area contributed by atoms with Crippen LogP contribution in [0.5, 0.6) is 0 Å². The summed E-state index contributed by atoms with van der Waals surface area (Å²) < 4.78 is 1.70. The molecule has 0 aliphatic carbocycles. The van der Waals surface area contributed by atoms with E-state index in [1.165, 1.54) is 0 Å². The fourth-order valence-corrected chi connectivity index (χ4v) is 1.28. The predicted molar refractivity (Wildman–Crippen MR) is 51.1 cm³/mol. The Hall–Kier alpha value is -1.35. The third-order valence-corrected chi connectivity index (χ3v) is 1.92. The standard InChI is InChI=1S/C9H8ClN3/c1-7-6-13(12-11-7)9-4-2-3-8(10)5-9/h2-6H,1H3. The number of nitrogens with zero attached hydrogens (tertiary/aromatic N) is 3. The maximum Gasteiger partial charge on any atom is 0.0800 e. The lowest BCUT2D eigenvalue weighted by Crippen LogP contribution is -1.93. The van der Waals surface area contributed by atoms with Gasteiger partial charge in [0.2, 0.25) is 0 Å². The van der Waals surface area contributed by atoms with Gasteiger partial charge in [-0.1, -0.05) is 22.9 Å². The highest BCUT2D eigenvalue weighted by atomic mass is 35.5. The molecule has 13 heavy (non-hydrogen) atoms. The molecule has 66 valence electrons. The van der Waals surface area contributed by atoms with Crippen molar-refractivity contribution in [3.05, 3.63) is 41.2 Å². The Morgan fingerprint density at radius 3 is 2.85 bits per heavy atom. The van der Waals surface area contributed by atoms with Crippen LogP contribution in [-0.4, -0.2) is 15.0 Å². The molecule has 0 N–H and O–H groups in total. The van der Waals surface area contributed by atoms with Crippen molar-refractivity contribution in [3.63, 3.8) is 0 Å². The fraction of sp³-hybridized carbons (Fsp3) is 0.111. The molecule has 1 aromatic heterocycles. The van der Waals surface area contributed by atoms with E-state index >= 15 is 0 Å². The number of benzene rings is 1. The molecule has 0 saturated heterocycles. The normalized spacial score (nSPS) is 10.3. The Morgan fingerprint density at radius 2 is 2.23 bits per heavy atom. The number of rotatable bonds is 1. The molecule has 2 aromatic rings. The van der Waals surface area contributed by atoms with Crippen molar-refractivity contribution >= 4 is 11.6 Å². The molecule has 0 aliphatic rings. The van der Waals surface area contributed by atoms with E-state index in [1.807, 2.05) is 37.4 Å². The van der Waals surface area contributed by atoms with Crippen LogP contribution < -0.4 is 0 Å². The Kier molecular flexibility index (Phi) is 2.02. The first-order valence-electron chi connectivity index (χ1n) is 3.90. The summed E-state index contributed by atoms with van der Waals surface area (Å²) in [5.41, 5.74) is 1.81. The first-order valence-corrected chi connectivity index (χ1v) is 4.28. The Morgan fingerprint density at radius 1 is 1.38 bits per heavy atom. The molecule has 0 unspecified atom stereocenters. The van der Waals surface area contributed by atoms with Crippen LogP contribution in [0, 0.1) is 6.92 Å².